The van der Waals surface area contributed by atoms with Gasteiger partial charge in [-0.25, -0.2) is 0 Å². The summed E-state index contributed by atoms with van der Waals surface area (Å²) in [6, 6.07) is 5.79. The van der Waals surface area contributed by atoms with Crippen molar-refractivity contribution in [2.45, 2.75) is 20.0 Å². The monoisotopic (exact) mass is 313 g/mol. The van der Waals surface area contributed by atoms with Crippen molar-refractivity contribution >= 4 is 27.5 Å². The Labute approximate surface area is 114 Å². The molecule has 0 aliphatic rings. The largest absolute Gasteiger partial charge is 0.308 e. The molecule has 0 spiro atoms. The number of aromatic amines is 1. The highest BCUT2D eigenvalue weighted by Gasteiger charge is 2.02. The zero-order valence-electron chi connectivity index (χ0n) is 9.43. The fraction of sp³-hybridized carbons (Fsp3) is 0.250. The Bertz CT molecular complexity index is 510. The summed E-state index contributed by atoms with van der Waals surface area (Å²) < 4.78 is 1.07. The van der Waals surface area contributed by atoms with E-state index in [1.54, 1.807) is 0 Å². The molecule has 1 aromatic heterocycles. The molecule has 1 aromatic carbocycles. The topological polar surface area (TPSA) is 40.7 Å². The predicted octanol–water partition coefficient (Wildman–Crippen LogP) is 3.42. The van der Waals surface area contributed by atoms with Crippen molar-refractivity contribution in [1.29, 1.82) is 0 Å². The molecular weight excluding hydrogens is 302 g/mol. The fourth-order valence-electron chi connectivity index (χ4n) is 1.56. The molecule has 17 heavy (non-hydrogen) atoms. The van der Waals surface area contributed by atoms with Gasteiger partial charge in [-0.15, -0.1) is 0 Å². The van der Waals surface area contributed by atoms with Gasteiger partial charge in [-0.05, 0) is 30.7 Å². The molecule has 5 heteroatoms. The van der Waals surface area contributed by atoms with Crippen LogP contribution in [0.15, 0.2) is 28.9 Å². The molecule has 0 radical (unpaired) electrons. The van der Waals surface area contributed by atoms with Crippen molar-refractivity contribution < 1.29 is 0 Å². The van der Waals surface area contributed by atoms with Crippen LogP contribution in [-0.2, 0) is 13.1 Å². The molecule has 0 atom stereocenters. The Morgan fingerprint density at radius 2 is 2.12 bits per heavy atom. The van der Waals surface area contributed by atoms with Crippen LogP contribution >= 0.6 is 27.5 Å². The minimum Gasteiger partial charge on any atom is -0.308 e. The van der Waals surface area contributed by atoms with Crippen molar-refractivity contribution in [2.24, 2.45) is 0 Å². The highest BCUT2D eigenvalue weighted by atomic mass is 79.9. The molecule has 1 heterocycles. The van der Waals surface area contributed by atoms with E-state index in [-0.39, 0.29) is 0 Å². The normalized spacial score (nSPS) is 10.8. The second-order valence-corrected chi connectivity index (χ2v) is 5.15. The first-order valence-corrected chi connectivity index (χ1v) is 6.47. The number of hydrogen-bond acceptors (Lipinski definition) is 2. The van der Waals surface area contributed by atoms with Crippen LogP contribution in [0.3, 0.4) is 0 Å². The maximum Gasteiger partial charge on any atom is 0.0535 e. The number of aromatic nitrogens is 2. The van der Waals surface area contributed by atoms with E-state index in [4.69, 9.17) is 11.6 Å². The summed E-state index contributed by atoms with van der Waals surface area (Å²) in [5, 5.41) is 11.0. The van der Waals surface area contributed by atoms with Gasteiger partial charge < -0.3 is 5.32 Å². The van der Waals surface area contributed by atoms with Crippen molar-refractivity contribution in [2.75, 3.05) is 0 Å². The van der Waals surface area contributed by atoms with E-state index >= 15 is 0 Å². The zero-order chi connectivity index (χ0) is 12.3. The second-order valence-electron chi connectivity index (χ2n) is 3.86. The first-order valence-electron chi connectivity index (χ1n) is 5.30. The molecule has 0 fully saturated rings. The van der Waals surface area contributed by atoms with Gasteiger partial charge in [0.2, 0.25) is 0 Å². The van der Waals surface area contributed by atoms with E-state index in [2.05, 4.69) is 31.4 Å². The van der Waals surface area contributed by atoms with Gasteiger partial charge >= 0.3 is 0 Å². The van der Waals surface area contributed by atoms with Crippen LogP contribution in [0.5, 0.6) is 0 Å². The van der Waals surface area contributed by atoms with Crippen LogP contribution in [0.25, 0.3) is 0 Å². The third kappa shape index (κ3) is 3.31. The van der Waals surface area contributed by atoms with E-state index in [1.165, 1.54) is 5.56 Å². The van der Waals surface area contributed by atoms with Crippen LogP contribution < -0.4 is 5.32 Å². The van der Waals surface area contributed by atoms with Crippen molar-refractivity contribution in [1.82, 2.24) is 15.5 Å². The number of benzene rings is 1. The number of nitrogens with one attached hydrogen (secondary N) is 2. The summed E-state index contributed by atoms with van der Waals surface area (Å²) in [6.45, 7) is 3.58. The van der Waals surface area contributed by atoms with Gasteiger partial charge in [0.15, 0.2) is 0 Å². The number of aryl methyl sites for hydroxylation is 1. The van der Waals surface area contributed by atoms with Crippen LogP contribution in [0, 0.1) is 6.92 Å². The molecule has 0 aliphatic heterocycles. The first kappa shape index (κ1) is 12.6. The third-order valence-corrected chi connectivity index (χ3v) is 3.58. The number of hydrogen-bond donors (Lipinski definition) is 2. The molecule has 0 aliphatic carbocycles. The number of halogens is 2. The van der Waals surface area contributed by atoms with Gasteiger partial charge in [-0.2, -0.15) is 5.10 Å². The highest BCUT2D eigenvalue weighted by molar-refractivity contribution is 9.10. The summed E-state index contributed by atoms with van der Waals surface area (Å²) in [5.41, 5.74) is 3.43. The molecule has 2 N–H and O–H groups in total. The molecular formula is C12H13BrClN3. The number of rotatable bonds is 4. The van der Waals surface area contributed by atoms with E-state index in [0.717, 1.165) is 33.8 Å². The number of H-pyrrole nitrogens is 1. The van der Waals surface area contributed by atoms with Crippen LogP contribution in [0.1, 0.15) is 16.8 Å². The van der Waals surface area contributed by atoms with Gasteiger partial charge in [-0.1, -0.05) is 27.5 Å². The Kier molecular flexibility index (Phi) is 4.20. The van der Waals surface area contributed by atoms with Gasteiger partial charge in [0.25, 0.3) is 0 Å². The molecule has 3 nitrogen and oxygen atoms in total. The van der Waals surface area contributed by atoms with Gasteiger partial charge in [-0.3, -0.25) is 5.10 Å². The highest BCUT2D eigenvalue weighted by Crippen LogP contribution is 2.21. The van der Waals surface area contributed by atoms with Crippen LogP contribution in [-0.4, -0.2) is 10.2 Å². The Hall–Kier alpha value is -0.840. The molecule has 0 saturated heterocycles. The summed E-state index contributed by atoms with van der Waals surface area (Å²) in [7, 11) is 0. The lowest BCUT2D eigenvalue weighted by molar-refractivity contribution is 0.689. The summed E-state index contributed by atoms with van der Waals surface area (Å²) >= 11 is 9.46. The molecule has 0 saturated carbocycles. The van der Waals surface area contributed by atoms with Crippen molar-refractivity contribution in [3.05, 3.63) is 50.7 Å². The quantitative estimate of drug-likeness (QED) is 0.908. The summed E-state index contributed by atoms with van der Waals surface area (Å²) in [5.74, 6) is 0. The Balaban J connectivity index is 1.94. The number of nitrogens with zero attached hydrogens (tertiary/aromatic N) is 1. The smallest absolute Gasteiger partial charge is 0.0535 e. The van der Waals surface area contributed by atoms with Crippen LogP contribution in [0.2, 0.25) is 5.02 Å². The third-order valence-electron chi connectivity index (χ3n) is 2.57. The lowest BCUT2D eigenvalue weighted by atomic mass is 10.2. The Morgan fingerprint density at radius 3 is 2.82 bits per heavy atom. The molecule has 2 rings (SSSR count). The molecule has 0 unspecified atom stereocenters. The minimum absolute atomic E-state index is 0.754. The van der Waals surface area contributed by atoms with Gasteiger partial charge in [0.05, 0.1) is 6.20 Å². The van der Waals surface area contributed by atoms with E-state index in [0.29, 0.717) is 0 Å². The Morgan fingerprint density at radius 1 is 1.35 bits per heavy atom. The SMILES string of the molecule is Cc1[nH]ncc1CNCc1cc(Cl)ccc1Br. The molecule has 90 valence electrons. The fourth-order valence-corrected chi connectivity index (χ4v) is 2.15. The van der Waals surface area contributed by atoms with E-state index in [9.17, 15) is 0 Å². The van der Waals surface area contributed by atoms with E-state index in [1.807, 2.05) is 31.3 Å². The average Bonchev–Trinajstić information content (AvgIpc) is 2.70. The maximum atomic E-state index is 5.96. The standard InChI is InChI=1S/C12H13BrClN3/c1-8-10(7-16-17-8)6-15-5-9-4-11(14)2-3-12(9)13/h2-4,7,15H,5-6H2,1H3,(H,16,17). The zero-order valence-corrected chi connectivity index (χ0v) is 11.8. The van der Waals surface area contributed by atoms with Crippen molar-refractivity contribution in [3.63, 3.8) is 0 Å². The predicted molar refractivity (Wildman–Crippen MR) is 73.0 cm³/mol. The average molecular weight is 315 g/mol. The summed E-state index contributed by atoms with van der Waals surface area (Å²) in [4.78, 5) is 0. The van der Waals surface area contributed by atoms with Crippen molar-refractivity contribution in [3.8, 4) is 0 Å². The molecule has 2 aromatic rings. The lowest BCUT2D eigenvalue weighted by Gasteiger charge is -2.07. The minimum atomic E-state index is 0.754. The maximum absolute atomic E-state index is 5.96. The molecule has 0 amide bonds. The van der Waals surface area contributed by atoms with Crippen LogP contribution in [0.4, 0.5) is 0 Å². The van der Waals surface area contributed by atoms with E-state index < -0.39 is 0 Å². The summed E-state index contributed by atoms with van der Waals surface area (Å²) in [6.07, 6.45) is 1.84. The van der Waals surface area contributed by atoms with Gasteiger partial charge in [0.1, 0.15) is 0 Å². The van der Waals surface area contributed by atoms with Gasteiger partial charge in [0, 0.05) is 33.8 Å². The molecule has 0 bridgehead atoms. The lowest BCUT2D eigenvalue weighted by Crippen LogP contribution is -2.13. The second kappa shape index (κ2) is 5.67. The first-order chi connectivity index (χ1) is 8.16.